The smallest absolute Gasteiger partial charge is 0.0331 e. The first-order valence-corrected chi connectivity index (χ1v) is 9.57. The molecule has 4 aliphatic carbocycles. The van der Waals surface area contributed by atoms with Crippen LogP contribution in [0.25, 0.3) is 0 Å². The Hall–Kier alpha value is -0.340. The van der Waals surface area contributed by atoms with Crippen molar-refractivity contribution in [1.29, 1.82) is 0 Å². The van der Waals surface area contributed by atoms with Gasteiger partial charge in [0.25, 0.3) is 0 Å². The average Bonchev–Trinajstić information content (AvgIpc) is 2.85. The van der Waals surface area contributed by atoms with Crippen molar-refractivity contribution in [2.45, 2.75) is 64.8 Å². The van der Waals surface area contributed by atoms with Crippen LogP contribution in [-0.2, 0) is 0 Å². The molecule has 0 aromatic carbocycles. The first-order chi connectivity index (χ1) is 9.93. The Balaban J connectivity index is 1.62. The van der Waals surface area contributed by atoms with E-state index in [4.69, 9.17) is 0 Å². The number of nitrogens with one attached hydrogen (secondary N) is 1. The molecular formula is C19H29NS. The summed E-state index contributed by atoms with van der Waals surface area (Å²) in [6.45, 7) is 5.17. The molecule has 1 aromatic rings. The predicted octanol–water partition coefficient (Wildman–Crippen LogP) is 5.40. The van der Waals surface area contributed by atoms with Gasteiger partial charge in [0.2, 0.25) is 0 Å². The minimum absolute atomic E-state index is 0.555. The average molecular weight is 304 g/mol. The third-order valence-electron chi connectivity index (χ3n) is 6.67. The summed E-state index contributed by atoms with van der Waals surface area (Å²) in [4.78, 5) is 0. The second-order valence-electron chi connectivity index (χ2n) is 9.23. The summed E-state index contributed by atoms with van der Waals surface area (Å²) in [5.41, 5.74) is 3.40. The van der Waals surface area contributed by atoms with Gasteiger partial charge in [0.05, 0.1) is 0 Å². The summed E-state index contributed by atoms with van der Waals surface area (Å²) in [5.74, 6) is 1.01. The van der Waals surface area contributed by atoms with Gasteiger partial charge < -0.3 is 5.32 Å². The van der Waals surface area contributed by atoms with E-state index in [1.807, 2.05) is 11.3 Å². The number of hydrogen-bond acceptors (Lipinski definition) is 2. The molecule has 21 heavy (non-hydrogen) atoms. The van der Waals surface area contributed by atoms with Crippen molar-refractivity contribution in [2.24, 2.45) is 22.2 Å². The molecule has 1 nitrogen and oxygen atoms in total. The summed E-state index contributed by atoms with van der Waals surface area (Å²) >= 11 is 1.83. The fourth-order valence-corrected chi connectivity index (χ4v) is 7.92. The normalized spacial score (nSPS) is 46.0. The molecule has 116 valence electrons. The zero-order valence-corrected chi connectivity index (χ0v) is 14.6. The maximum atomic E-state index is 3.61. The van der Waals surface area contributed by atoms with Crippen LogP contribution >= 0.6 is 11.3 Å². The third kappa shape index (κ3) is 2.39. The lowest BCUT2D eigenvalue weighted by molar-refractivity contribution is -0.150. The molecule has 2 heteroatoms. The molecule has 0 aliphatic heterocycles. The molecule has 0 amide bonds. The Labute approximate surface area is 133 Å². The third-order valence-corrected chi connectivity index (χ3v) is 7.37. The van der Waals surface area contributed by atoms with E-state index in [-0.39, 0.29) is 0 Å². The molecule has 1 N–H and O–H groups in total. The lowest BCUT2D eigenvalue weighted by Gasteiger charge is -2.66. The van der Waals surface area contributed by atoms with Crippen LogP contribution in [0.4, 0.5) is 0 Å². The van der Waals surface area contributed by atoms with Gasteiger partial charge in [0.15, 0.2) is 0 Å². The Morgan fingerprint density at radius 3 is 2.43 bits per heavy atom. The summed E-state index contributed by atoms with van der Waals surface area (Å²) < 4.78 is 0. The number of hydrogen-bond donors (Lipinski definition) is 1. The van der Waals surface area contributed by atoms with Gasteiger partial charge in [0.1, 0.15) is 0 Å². The molecule has 3 unspecified atom stereocenters. The largest absolute Gasteiger partial charge is 0.313 e. The van der Waals surface area contributed by atoms with Crippen molar-refractivity contribution in [3.05, 3.63) is 22.4 Å². The van der Waals surface area contributed by atoms with Crippen LogP contribution in [0.1, 0.15) is 70.4 Å². The highest BCUT2D eigenvalue weighted by Gasteiger charge is 2.60. The van der Waals surface area contributed by atoms with Gasteiger partial charge in [-0.3, -0.25) is 0 Å². The standard InChI is InChI=1S/C19H29NS/c1-17-6-14-7-18(2,11-17)13-19(8-14,12-17)9-16(20-3)15-4-5-21-10-15/h4-5,10,14,16,20H,6-9,11-13H2,1-3H3. The molecule has 3 atom stereocenters. The van der Waals surface area contributed by atoms with Gasteiger partial charge in [0, 0.05) is 6.04 Å². The van der Waals surface area contributed by atoms with Crippen molar-refractivity contribution < 1.29 is 0 Å². The predicted molar refractivity (Wildman–Crippen MR) is 90.6 cm³/mol. The lowest BCUT2D eigenvalue weighted by atomic mass is 9.39. The van der Waals surface area contributed by atoms with Gasteiger partial charge in [-0.05, 0) is 96.5 Å². The Morgan fingerprint density at radius 1 is 1.19 bits per heavy atom. The highest BCUT2D eigenvalue weighted by Crippen LogP contribution is 2.71. The molecule has 4 saturated carbocycles. The van der Waals surface area contributed by atoms with Crippen LogP contribution < -0.4 is 5.32 Å². The maximum Gasteiger partial charge on any atom is 0.0331 e. The highest BCUT2D eigenvalue weighted by molar-refractivity contribution is 7.07. The zero-order valence-electron chi connectivity index (χ0n) is 13.7. The van der Waals surface area contributed by atoms with E-state index in [1.54, 1.807) is 0 Å². The van der Waals surface area contributed by atoms with E-state index in [2.05, 4.69) is 43.0 Å². The molecule has 0 spiro atoms. The van der Waals surface area contributed by atoms with Crippen LogP contribution in [0.5, 0.6) is 0 Å². The van der Waals surface area contributed by atoms with Crippen LogP contribution in [-0.4, -0.2) is 7.05 Å². The Kier molecular flexibility index (Phi) is 3.11. The van der Waals surface area contributed by atoms with Crippen LogP contribution in [0.15, 0.2) is 16.8 Å². The molecule has 1 heterocycles. The van der Waals surface area contributed by atoms with E-state index >= 15 is 0 Å². The highest BCUT2D eigenvalue weighted by atomic mass is 32.1. The first kappa shape index (κ1) is 14.3. The number of rotatable bonds is 4. The van der Waals surface area contributed by atoms with Crippen LogP contribution in [0.3, 0.4) is 0 Å². The van der Waals surface area contributed by atoms with Crippen molar-refractivity contribution >= 4 is 11.3 Å². The van der Waals surface area contributed by atoms with E-state index in [0.29, 0.717) is 22.3 Å². The first-order valence-electron chi connectivity index (χ1n) is 8.63. The summed E-state index contributed by atoms with van der Waals surface area (Å²) in [6, 6.07) is 2.87. The Morgan fingerprint density at radius 2 is 1.90 bits per heavy atom. The van der Waals surface area contributed by atoms with Crippen LogP contribution in [0.2, 0.25) is 0 Å². The van der Waals surface area contributed by atoms with E-state index < -0.39 is 0 Å². The second kappa shape index (κ2) is 4.58. The summed E-state index contributed by atoms with van der Waals surface area (Å²) in [7, 11) is 2.15. The van der Waals surface area contributed by atoms with Crippen molar-refractivity contribution in [2.75, 3.05) is 7.05 Å². The maximum absolute atomic E-state index is 3.61. The fraction of sp³-hybridized carbons (Fsp3) is 0.789. The SMILES string of the molecule is CNC(CC12CC3CC(C)(CC(C)(C3)C1)C2)c1ccsc1. The minimum atomic E-state index is 0.555. The molecule has 4 bridgehead atoms. The van der Waals surface area contributed by atoms with E-state index in [9.17, 15) is 0 Å². The van der Waals surface area contributed by atoms with Gasteiger partial charge >= 0.3 is 0 Å². The molecule has 4 fully saturated rings. The number of thiophene rings is 1. The van der Waals surface area contributed by atoms with Crippen molar-refractivity contribution in [1.82, 2.24) is 5.32 Å². The van der Waals surface area contributed by atoms with Crippen molar-refractivity contribution in [3.8, 4) is 0 Å². The van der Waals surface area contributed by atoms with Gasteiger partial charge in [-0.15, -0.1) is 0 Å². The molecule has 4 aliphatic rings. The topological polar surface area (TPSA) is 12.0 Å². The Bertz CT molecular complexity index is 502. The second-order valence-corrected chi connectivity index (χ2v) is 10.0. The molecule has 0 saturated heterocycles. The zero-order chi connectivity index (χ0) is 14.7. The van der Waals surface area contributed by atoms with Gasteiger partial charge in [-0.2, -0.15) is 11.3 Å². The molecule has 5 rings (SSSR count). The quantitative estimate of drug-likeness (QED) is 0.785. The monoisotopic (exact) mass is 303 g/mol. The molecule has 0 radical (unpaired) electrons. The van der Waals surface area contributed by atoms with Gasteiger partial charge in [-0.1, -0.05) is 13.8 Å². The lowest BCUT2D eigenvalue weighted by Crippen LogP contribution is -2.55. The fourth-order valence-electron chi connectivity index (χ4n) is 7.20. The minimum Gasteiger partial charge on any atom is -0.313 e. The molecule has 1 aromatic heterocycles. The summed E-state index contributed by atoms with van der Waals surface area (Å²) in [5, 5.41) is 8.17. The summed E-state index contributed by atoms with van der Waals surface area (Å²) in [6.07, 6.45) is 10.3. The van der Waals surface area contributed by atoms with Gasteiger partial charge in [-0.25, -0.2) is 0 Å². The van der Waals surface area contributed by atoms with Crippen LogP contribution in [0, 0.1) is 22.2 Å². The molecular weight excluding hydrogens is 274 g/mol. The van der Waals surface area contributed by atoms with E-state index in [0.717, 1.165) is 5.92 Å². The van der Waals surface area contributed by atoms with E-state index in [1.165, 1.54) is 50.5 Å². The van der Waals surface area contributed by atoms with Crippen molar-refractivity contribution in [3.63, 3.8) is 0 Å².